The maximum absolute atomic E-state index is 11.9. The summed E-state index contributed by atoms with van der Waals surface area (Å²) in [4.78, 5) is 8.23. The van der Waals surface area contributed by atoms with Gasteiger partial charge in [0.2, 0.25) is 0 Å². The van der Waals surface area contributed by atoms with Crippen LogP contribution in [0.1, 0.15) is 18.2 Å². The Balaban J connectivity index is 1.91. The maximum Gasteiger partial charge on any atom is 0.285 e. The second kappa shape index (κ2) is 5.06. The van der Waals surface area contributed by atoms with Crippen molar-refractivity contribution >= 4 is 21.6 Å². The third-order valence-corrected chi connectivity index (χ3v) is 4.23. The van der Waals surface area contributed by atoms with E-state index in [0.717, 1.165) is 0 Å². The van der Waals surface area contributed by atoms with Crippen LogP contribution in [0.3, 0.4) is 0 Å². The lowest BCUT2D eigenvalue weighted by molar-refractivity contribution is 0.599. The Kier molecular flexibility index (Phi) is 3.22. The zero-order valence-electron chi connectivity index (χ0n) is 11.1. The molecule has 0 amide bonds. The molecule has 0 bridgehead atoms. The first kappa shape index (κ1) is 13.4. The topological polar surface area (TPSA) is 96.7 Å². The number of nitrogens with zero attached hydrogens (tertiary/aromatic N) is 4. The molecule has 2 heterocycles. The molecule has 7 nitrogen and oxygen atoms in total. The lowest BCUT2D eigenvalue weighted by atomic mass is 10.2. The minimum absolute atomic E-state index is 0.180. The molecule has 3 rings (SSSR count). The summed E-state index contributed by atoms with van der Waals surface area (Å²) in [7, 11) is -3.64. The molecule has 1 aromatic carbocycles. The van der Waals surface area contributed by atoms with Crippen LogP contribution in [0.15, 0.2) is 57.3 Å². The average Bonchev–Trinajstić information content (AvgIpc) is 2.77. The molecule has 0 saturated heterocycles. The molecule has 1 aliphatic heterocycles. The Labute approximate surface area is 121 Å². The Bertz CT molecular complexity index is 844. The van der Waals surface area contributed by atoms with Crippen LogP contribution in [-0.2, 0) is 10.0 Å². The van der Waals surface area contributed by atoms with Gasteiger partial charge in [0.1, 0.15) is 10.6 Å². The van der Waals surface area contributed by atoms with E-state index >= 15 is 0 Å². The van der Waals surface area contributed by atoms with Crippen molar-refractivity contribution in [3.63, 3.8) is 0 Å². The van der Waals surface area contributed by atoms with Crippen LogP contribution in [0, 0.1) is 0 Å². The number of rotatable bonds is 2. The van der Waals surface area contributed by atoms with Gasteiger partial charge in [-0.25, -0.2) is 0 Å². The van der Waals surface area contributed by atoms with E-state index in [2.05, 4.69) is 24.9 Å². The van der Waals surface area contributed by atoms with Crippen LogP contribution in [0.2, 0.25) is 0 Å². The first-order valence-corrected chi connectivity index (χ1v) is 7.53. The zero-order valence-corrected chi connectivity index (χ0v) is 11.9. The summed E-state index contributed by atoms with van der Waals surface area (Å²) < 4.78 is 27.4. The standard InChI is InChI=1S/C13H11N5O2S/c1-9(11-8-14-6-7-15-11)16-17-13-10-4-2-3-5-12(10)21(19,20)18-13/h2-8H,1H3,(H,17,18). The smallest absolute Gasteiger partial charge is 0.261 e. The highest BCUT2D eigenvalue weighted by atomic mass is 32.2. The summed E-state index contributed by atoms with van der Waals surface area (Å²) in [6.45, 7) is 1.74. The molecule has 2 aromatic rings. The first-order valence-electron chi connectivity index (χ1n) is 6.09. The molecule has 1 N–H and O–H groups in total. The van der Waals surface area contributed by atoms with Gasteiger partial charge in [0.25, 0.3) is 10.0 Å². The SMILES string of the molecule is CC(=NNC1=NS(=O)(=O)c2ccccc21)c1cnccn1. The normalized spacial score (nSPS) is 16.2. The van der Waals surface area contributed by atoms with Crippen molar-refractivity contribution in [1.29, 1.82) is 0 Å². The molecule has 0 spiro atoms. The number of sulfonamides is 1. The summed E-state index contributed by atoms with van der Waals surface area (Å²) in [5.41, 5.74) is 4.36. The summed E-state index contributed by atoms with van der Waals surface area (Å²) in [5.74, 6) is 0.203. The lowest BCUT2D eigenvalue weighted by Gasteiger charge is -2.02. The van der Waals surface area contributed by atoms with Crippen molar-refractivity contribution < 1.29 is 8.42 Å². The monoisotopic (exact) mass is 301 g/mol. The Hall–Kier alpha value is -2.61. The van der Waals surface area contributed by atoms with E-state index in [-0.39, 0.29) is 10.7 Å². The summed E-state index contributed by atoms with van der Waals surface area (Å²) in [6, 6.07) is 6.60. The van der Waals surface area contributed by atoms with Gasteiger partial charge in [0.05, 0.1) is 11.9 Å². The number of hydrogen-bond acceptors (Lipinski definition) is 6. The van der Waals surface area contributed by atoms with E-state index in [0.29, 0.717) is 17.0 Å². The summed E-state index contributed by atoms with van der Waals surface area (Å²) >= 11 is 0. The quantitative estimate of drug-likeness (QED) is 0.657. The van der Waals surface area contributed by atoms with E-state index in [9.17, 15) is 8.42 Å². The second-order valence-electron chi connectivity index (χ2n) is 4.31. The largest absolute Gasteiger partial charge is 0.285 e. The van der Waals surface area contributed by atoms with E-state index in [1.54, 1.807) is 43.7 Å². The van der Waals surface area contributed by atoms with Crippen LogP contribution >= 0.6 is 0 Å². The van der Waals surface area contributed by atoms with Crippen LogP contribution < -0.4 is 5.43 Å². The van der Waals surface area contributed by atoms with Gasteiger partial charge in [-0.15, -0.1) is 4.40 Å². The number of amidine groups is 1. The third kappa shape index (κ3) is 2.52. The lowest BCUT2D eigenvalue weighted by Crippen LogP contribution is -2.19. The van der Waals surface area contributed by atoms with Crippen LogP contribution in [0.25, 0.3) is 0 Å². The Morgan fingerprint density at radius 3 is 2.81 bits per heavy atom. The van der Waals surface area contributed by atoms with Gasteiger partial charge in [-0.2, -0.15) is 13.5 Å². The molecule has 1 aliphatic rings. The fourth-order valence-corrected chi connectivity index (χ4v) is 3.04. The van der Waals surface area contributed by atoms with E-state index < -0.39 is 10.0 Å². The highest BCUT2D eigenvalue weighted by Crippen LogP contribution is 2.24. The van der Waals surface area contributed by atoms with Gasteiger partial charge in [0, 0.05) is 18.0 Å². The van der Waals surface area contributed by atoms with Gasteiger partial charge >= 0.3 is 0 Å². The Morgan fingerprint density at radius 1 is 1.24 bits per heavy atom. The van der Waals surface area contributed by atoms with Gasteiger partial charge in [-0.3, -0.25) is 15.4 Å². The minimum atomic E-state index is -3.64. The molecule has 0 saturated carbocycles. The molecular formula is C13H11N5O2S. The van der Waals surface area contributed by atoms with E-state index in [4.69, 9.17) is 0 Å². The predicted molar refractivity (Wildman–Crippen MR) is 77.5 cm³/mol. The number of nitrogens with one attached hydrogen (secondary N) is 1. The number of benzene rings is 1. The molecule has 8 heteroatoms. The fourth-order valence-electron chi connectivity index (χ4n) is 1.87. The number of hydrazone groups is 1. The highest BCUT2D eigenvalue weighted by molar-refractivity contribution is 7.90. The third-order valence-electron chi connectivity index (χ3n) is 2.89. The van der Waals surface area contributed by atoms with Gasteiger partial charge in [0.15, 0.2) is 5.84 Å². The first-order chi connectivity index (χ1) is 10.1. The molecule has 21 heavy (non-hydrogen) atoms. The van der Waals surface area contributed by atoms with Crippen molar-refractivity contribution in [3.05, 3.63) is 54.1 Å². The van der Waals surface area contributed by atoms with Crippen LogP contribution in [0.4, 0.5) is 0 Å². The fraction of sp³-hybridized carbons (Fsp3) is 0.0769. The molecule has 0 radical (unpaired) electrons. The van der Waals surface area contributed by atoms with Gasteiger partial charge in [-0.05, 0) is 19.1 Å². The molecule has 0 fully saturated rings. The zero-order chi connectivity index (χ0) is 14.9. The molecule has 0 atom stereocenters. The van der Waals surface area contributed by atoms with Crippen molar-refractivity contribution in [3.8, 4) is 0 Å². The summed E-state index contributed by atoms with van der Waals surface area (Å²) in [6.07, 6.45) is 4.69. The van der Waals surface area contributed by atoms with Gasteiger partial charge in [-0.1, -0.05) is 12.1 Å². The molecular weight excluding hydrogens is 290 g/mol. The number of fused-ring (bicyclic) bond motifs is 1. The van der Waals surface area contributed by atoms with Gasteiger partial charge < -0.3 is 0 Å². The molecule has 106 valence electrons. The van der Waals surface area contributed by atoms with Crippen molar-refractivity contribution in [2.24, 2.45) is 9.50 Å². The van der Waals surface area contributed by atoms with Crippen molar-refractivity contribution in [2.45, 2.75) is 11.8 Å². The predicted octanol–water partition coefficient (Wildman–Crippen LogP) is 0.939. The molecule has 1 aromatic heterocycles. The molecule has 0 aliphatic carbocycles. The van der Waals surface area contributed by atoms with Crippen molar-refractivity contribution in [1.82, 2.24) is 15.4 Å². The average molecular weight is 301 g/mol. The maximum atomic E-state index is 11.9. The van der Waals surface area contributed by atoms with Crippen LogP contribution in [0.5, 0.6) is 0 Å². The second-order valence-corrected chi connectivity index (χ2v) is 5.88. The van der Waals surface area contributed by atoms with Crippen LogP contribution in [-0.4, -0.2) is 29.9 Å². The van der Waals surface area contributed by atoms with E-state index in [1.807, 2.05) is 0 Å². The van der Waals surface area contributed by atoms with E-state index in [1.165, 1.54) is 6.07 Å². The van der Waals surface area contributed by atoms with Crippen molar-refractivity contribution in [2.75, 3.05) is 0 Å². The summed E-state index contributed by atoms with van der Waals surface area (Å²) in [5, 5.41) is 4.11. The minimum Gasteiger partial charge on any atom is -0.261 e. The number of aromatic nitrogens is 2. The highest BCUT2D eigenvalue weighted by Gasteiger charge is 2.28. The molecule has 0 unspecified atom stereocenters. The number of hydrogen-bond donors (Lipinski definition) is 1. The Morgan fingerprint density at radius 2 is 2.05 bits per heavy atom.